The quantitative estimate of drug-likeness (QED) is 0.517. The maximum Gasteiger partial charge on any atom is 0.0478 e. The molecule has 0 aromatic carbocycles. The predicted octanol–water partition coefficient (Wildman–Crippen LogP) is 3.72. The Labute approximate surface area is 93.7 Å². The molecule has 1 aliphatic rings. The zero-order chi connectivity index (χ0) is 9.03. The maximum absolute atomic E-state index is 3.52. The van der Waals surface area contributed by atoms with Crippen LogP contribution in [0.5, 0.6) is 0 Å². The van der Waals surface area contributed by atoms with Crippen molar-refractivity contribution < 1.29 is 16.8 Å². The third-order valence-electron chi connectivity index (χ3n) is 3.30. The van der Waals surface area contributed by atoms with Crippen LogP contribution in [0.1, 0.15) is 27.2 Å². The first kappa shape index (κ1) is 13.2. The largest absolute Gasteiger partial charge is 0.274 e. The molecule has 2 heteroatoms. The van der Waals surface area contributed by atoms with Crippen LogP contribution < -0.4 is 0 Å². The first-order valence-electron chi connectivity index (χ1n) is 5.07. The van der Waals surface area contributed by atoms with E-state index in [9.17, 15) is 0 Å². The fourth-order valence-electron chi connectivity index (χ4n) is 2.09. The van der Waals surface area contributed by atoms with Crippen molar-refractivity contribution in [3.8, 4) is 0 Å². The molecule has 77 valence electrons. The van der Waals surface area contributed by atoms with Gasteiger partial charge in [0, 0.05) is 24.9 Å². The van der Waals surface area contributed by atoms with Gasteiger partial charge in [-0.1, -0.05) is 38.9 Å². The third-order valence-corrected chi connectivity index (χ3v) is 8.84. The molecule has 0 spiro atoms. The molecule has 0 unspecified atom stereocenters. The average molecular weight is 238 g/mol. The Hall–Kier alpha value is 0.203. The van der Waals surface area contributed by atoms with E-state index >= 15 is 0 Å². The molecule has 0 aliphatic heterocycles. The van der Waals surface area contributed by atoms with Crippen molar-refractivity contribution in [2.24, 2.45) is 0 Å². The summed E-state index contributed by atoms with van der Waals surface area (Å²) in [6, 6.07) is 4.14. The smallest absolute Gasteiger partial charge is 0.0478 e. The second kappa shape index (κ2) is 5.83. The van der Waals surface area contributed by atoms with Gasteiger partial charge < -0.3 is 0 Å². The number of rotatable bonds is 4. The third kappa shape index (κ3) is 2.58. The van der Waals surface area contributed by atoms with E-state index in [-0.39, 0.29) is 16.8 Å². The van der Waals surface area contributed by atoms with Crippen LogP contribution in [0, 0.1) is 6.08 Å². The number of hydrogen-bond donors (Lipinski definition) is 0. The first-order valence-corrected chi connectivity index (χ1v) is 7.69. The molecular formula is C11H19CoSi-. The minimum atomic E-state index is -1.07. The summed E-state index contributed by atoms with van der Waals surface area (Å²) in [5.74, 6) is 0. The SMILES string of the molecule is CC[Si](CC)(CC)C1=[C-]CC=C1.[Co]. The second-order valence-electron chi connectivity index (χ2n) is 3.54. The van der Waals surface area contributed by atoms with E-state index < -0.39 is 8.07 Å². The molecule has 0 aromatic heterocycles. The van der Waals surface area contributed by atoms with Gasteiger partial charge in [-0.05, 0) is 0 Å². The van der Waals surface area contributed by atoms with Gasteiger partial charge in [0.15, 0.2) is 0 Å². The second-order valence-corrected chi connectivity index (χ2v) is 8.76. The van der Waals surface area contributed by atoms with Gasteiger partial charge in [-0.15, -0.1) is 6.42 Å². The van der Waals surface area contributed by atoms with Crippen molar-refractivity contribution >= 4 is 8.07 Å². The molecule has 0 amide bonds. The van der Waals surface area contributed by atoms with E-state index in [2.05, 4.69) is 39.0 Å². The molecule has 13 heavy (non-hydrogen) atoms. The molecule has 0 saturated carbocycles. The topological polar surface area (TPSA) is 0 Å². The summed E-state index contributed by atoms with van der Waals surface area (Å²) in [7, 11) is -1.07. The van der Waals surface area contributed by atoms with Crippen molar-refractivity contribution in [2.45, 2.75) is 45.3 Å². The van der Waals surface area contributed by atoms with E-state index in [0.29, 0.717) is 0 Å². The van der Waals surface area contributed by atoms with Crippen LogP contribution in [-0.2, 0) is 16.8 Å². The summed E-state index contributed by atoms with van der Waals surface area (Å²) < 4.78 is 0. The van der Waals surface area contributed by atoms with Gasteiger partial charge in [0.25, 0.3) is 0 Å². The fourth-order valence-corrected chi connectivity index (χ4v) is 5.68. The molecule has 1 aliphatic carbocycles. The summed E-state index contributed by atoms with van der Waals surface area (Å²) in [6.45, 7) is 7.04. The number of allylic oxidation sites excluding steroid dienone is 4. The van der Waals surface area contributed by atoms with Crippen molar-refractivity contribution in [3.05, 3.63) is 23.4 Å². The van der Waals surface area contributed by atoms with Crippen LogP contribution in [-0.4, -0.2) is 8.07 Å². The molecular weight excluding hydrogens is 219 g/mol. The van der Waals surface area contributed by atoms with E-state index in [4.69, 9.17) is 0 Å². The Morgan fingerprint density at radius 1 is 1.23 bits per heavy atom. The monoisotopic (exact) mass is 238 g/mol. The van der Waals surface area contributed by atoms with Crippen molar-refractivity contribution in [2.75, 3.05) is 0 Å². The van der Waals surface area contributed by atoms with Gasteiger partial charge >= 0.3 is 0 Å². The van der Waals surface area contributed by atoms with Crippen molar-refractivity contribution in [3.63, 3.8) is 0 Å². The van der Waals surface area contributed by atoms with Crippen LogP contribution in [0.15, 0.2) is 17.3 Å². The van der Waals surface area contributed by atoms with Gasteiger partial charge in [-0.3, -0.25) is 6.08 Å². The molecule has 0 heterocycles. The van der Waals surface area contributed by atoms with Crippen LogP contribution in [0.25, 0.3) is 0 Å². The first-order chi connectivity index (χ1) is 5.79. The number of hydrogen-bond acceptors (Lipinski definition) is 0. The average Bonchev–Trinajstić information content (AvgIpc) is 2.62. The molecule has 0 bridgehead atoms. The Morgan fingerprint density at radius 2 is 1.77 bits per heavy atom. The van der Waals surface area contributed by atoms with E-state index in [1.54, 1.807) is 5.20 Å². The molecule has 0 nitrogen and oxygen atoms in total. The standard InChI is InChI=1S/C11H19Si.Co/c1-4-12(5-2,6-3)11-9-7-8-10-11;/h7,9H,4-6,8H2,1-3H3;/q-1;. The summed E-state index contributed by atoms with van der Waals surface area (Å²) in [4.78, 5) is 0. The summed E-state index contributed by atoms with van der Waals surface area (Å²) >= 11 is 0. The summed E-state index contributed by atoms with van der Waals surface area (Å²) in [5, 5.41) is 1.59. The summed E-state index contributed by atoms with van der Waals surface area (Å²) in [5.41, 5.74) is 0. The van der Waals surface area contributed by atoms with Crippen LogP contribution in [0.2, 0.25) is 18.1 Å². The van der Waals surface area contributed by atoms with Gasteiger partial charge in [0.05, 0.1) is 0 Å². The predicted molar refractivity (Wildman–Crippen MR) is 57.7 cm³/mol. The Kier molecular flexibility index (Phi) is 5.93. The minimum absolute atomic E-state index is 0. The van der Waals surface area contributed by atoms with Gasteiger partial charge in [0.1, 0.15) is 0 Å². The molecule has 1 rings (SSSR count). The molecule has 0 N–H and O–H groups in total. The Balaban J connectivity index is 0.00000144. The maximum atomic E-state index is 3.52. The molecule has 0 saturated heterocycles. The Bertz CT molecular complexity index is 194. The zero-order valence-corrected chi connectivity index (χ0v) is 10.9. The van der Waals surface area contributed by atoms with Gasteiger partial charge in [0.2, 0.25) is 0 Å². The van der Waals surface area contributed by atoms with Crippen LogP contribution >= 0.6 is 0 Å². The zero-order valence-electron chi connectivity index (χ0n) is 8.82. The molecule has 0 fully saturated rings. The van der Waals surface area contributed by atoms with E-state index in [0.717, 1.165) is 6.42 Å². The van der Waals surface area contributed by atoms with Crippen LogP contribution in [0.3, 0.4) is 0 Å². The fraction of sp³-hybridized carbons (Fsp3) is 0.636. The van der Waals surface area contributed by atoms with Crippen molar-refractivity contribution in [1.29, 1.82) is 0 Å². The van der Waals surface area contributed by atoms with Crippen LogP contribution in [0.4, 0.5) is 0 Å². The van der Waals surface area contributed by atoms with Gasteiger partial charge in [-0.2, -0.15) is 6.08 Å². The minimum Gasteiger partial charge on any atom is -0.274 e. The van der Waals surface area contributed by atoms with E-state index in [1.165, 1.54) is 18.1 Å². The molecule has 0 atom stereocenters. The van der Waals surface area contributed by atoms with E-state index in [1.807, 2.05) is 0 Å². The normalized spacial score (nSPS) is 15.5. The summed E-state index contributed by atoms with van der Waals surface area (Å²) in [6.07, 6.45) is 9.15. The molecule has 0 aromatic rings. The Morgan fingerprint density at radius 3 is 2.08 bits per heavy atom. The molecule has 1 radical (unpaired) electrons. The van der Waals surface area contributed by atoms with Gasteiger partial charge in [-0.25, -0.2) is 11.3 Å². The van der Waals surface area contributed by atoms with Crippen molar-refractivity contribution in [1.82, 2.24) is 0 Å².